The lowest BCUT2D eigenvalue weighted by Gasteiger charge is -2.22. The van der Waals surface area contributed by atoms with Gasteiger partial charge in [0.05, 0.1) is 13.7 Å². The highest BCUT2D eigenvalue weighted by molar-refractivity contribution is 7.89. The molecule has 25 heavy (non-hydrogen) atoms. The van der Waals surface area contributed by atoms with Gasteiger partial charge in [-0.3, -0.25) is 0 Å². The lowest BCUT2D eigenvalue weighted by Crippen LogP contribution is -2.34. The Balaban J connectivity index is 2.45. The summed E-state index contributed by atoms with van der Waals surface area (Å²) in [6, 6.07) is 9.29. The fourth-order valence-corrected chi connectivity index (χ4v) is 5.45. The van der Waals surface area contributed by atoms with Crippen molar-refractivity contribution in [3.63, 3.8) is 0 Å². The minimum atomic E-state index is -3.88. The number of methoxy groups -OCH3 is 2. The van der Waals surface area contributed by atoms with Gasteiger partial charge in [-0.05, 0) is 23.4 Å². The fourth-order valence-electron chi connectivity index (χ4n) is 2.38. The van der Waals surface area contributed by atoms with E-state index in [-0.39, 0.29) is 29.5 Å². The summed E-state index contributed by atoms with van der Waals surface area (Å²) in [7, 11) is -1.13. The van der Waals surface area contributed by atoms with E-state index in [1.54, 1.807) is 12.3 Å². The minimum absolute atomic E-state index is 0.0105. The first kappa shape index (κ1) is 19.6. The Morgan fingerprint density at radius 2 is 1.88 bits per heavy atom. The van der Waals surface area contributed by atoms with Crippen LogP contribution in [0.15, 0.2) is 40.6 Å². The molecule has 0 aliphatic carbocycles. The van der Waals surface area contributed by atoms with E-state index in [4.69, 9.17) is 9.47 Å². The lowest BCUT2D eigenvalue weighted by molar-refractivity contribution is 0.0602. The van der Waals surface area contributed by atoms with Gasteiger partial charge in [-0.1, -0.05) is 30.3 Å². The third-order valence-corrected chi connectivity index (χ3v) is 6.87. The van der Waals surface area contributed by atoms with Crippen molar-refractivity contribution in [2.45, 2.75) is 18.4 Å². The number of hydrogen-bond donors (Lipinski definition) is 0. The topological polar surface area (TPSA) is 72.9 Å². The summed E-state index contributed by atoms with van der Waals surface area (Å²) in [5, 5.41) is 1.65. The smallest absolute Gasteiger partial charge is 0.349 e. The molecule has 0 amide bonds. The summed E-state index contributed by atoms with van der Waals surface area (Å²) in [6.45, 7) is 2.31. The molecule has 0 saturated carbocycles. The van der Waals surface area contributed by atoms with Crippen LogP contribution in [0.1, 0.15) is 20.8 Å². The number of carbonyl (C=O) groups excluding carboxylic acids is 1. The first-order valence-corrected chi connectivity index (χ1v) is 9.93. The molecule has 6 nitrogen and oxygen atoms in total. The van der Waals surface area contributed by atoms with Gasteiger partial charge in [0.25, 0.3) is 0 Å². The number of sulfonamides is 1. The van der Waals surface area contributed by atoms with Crippen LogP contribution in [0.2, 0.25) is 0 Å². The summed E-state index contributed by atoms with van der Waals surface area (Å²) in [6.07, 6.45) is 0. The summed E-state index contributed by atoms with van der Waals surface area (Å²) < 4.78 is 37.6. The second-order valence-electron chi connectivity index (χ2n) is 5.39. The second-order valence-corrected chi connectivity index (χ2v) is 8.14. The molecule has 0 saturated heterocycles. The molecule has 0 fully saturated rings. The molecule has 1 aromatic heterocycles. The predicted octanol–water partition coefficient (Wildman–Crippen LogP) is 2.68. The van der Waals surface area contributed by atoms with Crippen molar-refractivity contribution in [1.29, 1.82) is 0 Å². The molecule has 0 spiro atoms. The molecule has 1 aromatic carbocycles. The number of ether oxygens (including phenoxy) is 2. The van der Waals surface area contributed by atoms with Gasteiger partial charge in [0.2, 0.25) is 10.0 Å². The average Bonchev–Trinajstić information content (AvgIpc) is 3.01. The van der Waals surface area contributed by atoms with Gasteiger partial charge in [-0.15, -0.1) is 11.3 Å². The van der Waals surface area contributed by atoms with E-state index in [9.17, 15) is 13.2 Å². The molecule has 0 aliphatic heterocycles. The van der Waals surface area contributed by atoms with E-state index in [0.29, 0.717) is 5.56 Å². The summed E-state index contributed by atoms with van der Waals surface area (Å²) in [5.74, 6) is -0.650. The van der Waals surface area contributed by atoms with E-state index in [2.05, 4.69) is 0 Å². The van der Waals surface area contributed by atoms with Crippen molar-refractivity contribution in [3.8, 4) is 0 Å². The quantitative estimate of drug-likeness (QED) is 0.655. The Morgan fingerprint density at radius 1 is 1.20 bits per heavy atom. The highest BCUT2D eigenvalue weighted by Gasteiger charge is 2.32. The molecular weight excluding hydrogens is 362 g/mol. The highest BCUT2D eigenvalue weighted by atomic mass is 32.2. The Bertz CT molecular complexity index is 815. The number of nitrogens with zero attached hydrogens (tertiary/aromatic N) is 1. The largest absolute Gasteiger partial charge is 0.465 e. The van der Waals surface area contributed by atoms with E-state index >= 15 is 0 Å². The zero-order chi connectivity index (χ0) is 18.4. The van der Waals surface area contributed by atoms with Crippen LogP contribution in [-0.4, -0.2) is 46.1 Å². The van der Waals surface area contributed by atoms with Gasteiger partial charge in [0.15, 0.2) is 0 Å². The fraction of sp³-hybridized carbons (Fsp3) is 0.353. The predicted molar refractivity (Wildman–Crippen MR) is 96.3 cm³/mol. The maximum atomic E-state index is 13.2. The van der Waals surface area contributed by atoms with Crippen LogP contribution in [-0.2, 0) is 26.0 Å². The van der Waals surface area contributed by atoms with Gasteiger partial charge in [0.1, 0.15) is 9.77 Å². The molecule has 0 radical (unpaired) electrons. The molecule has 2 rings (SSSR count). The maximum Gasteiger partial charge on any atom is 0.349 e. The Hall–Kier alpha value is -1.74. The van der Waals surface area contributed by atoms with Gasteiger partial charge in [-0.25, -0.2) is 13.2 Å². The molecule has 8 heteroatoms. The zero-order valence-corrected chi connectivity index (χ0v) is 16.0. The molecule has 0 unspecified atom stereocenters. The number of benzene rings is 1. The van der Waals surface area contributed by atoms with Crippen molar-refractivity contribution in [2.75, 3.05) is 27.4 Å². The highest BCUT2D eigenvalue weighted by Crippen LogP contribution is 2.30. The van der Waals surface area contributed by atoms with Gasteiger partial charge >= 0.3 is 5.97 Å². The molecule has 0 atom stereocenters. The zero-order valence-electron chi connectivity index (χ0n) is 14.4. The number of thiophene rings is 1. The maximum absolute atomic E-state index is 13.2. The van der Waals surface area contributed by atoms with Crippen LogP contribution in [0.3, 0.4) is 0 Å². The Morgan fingerprint density at radius 3 is 2.48 bits per heavy atom. The summed E-state index contributed by atoms with van der Waals surface area (Å²) in [4.78, 5) is 12.1. The summed E-state index contributed by atoms with van der Waals surface area (Å²) in [5.41, 5.74) is 1.38. The second kappa shape index (κ2) is 8.57. The van der Waals surface area contributed by atoms with Crippen molar-refractivity contribution in [2.24, 2.45) is 0 Å². The lowest BCUT2D eigenvalue weighted by atomic mass is 10.2. The number of esters is 1. The normalized spacial score (nSPS) is 11.7. The molecule has 0 bridgehead atoms. The van der Waals surface area contributed by atoms with Crippen LogP contribution < -0.4 is 0 Å². The monoisotopic (exact) mass is 383 g/mol. The van der Waals surface area contributed by atoms with Crippen LogP contribution in [0.5, 0.6) is 0 Å². The standard InChI is InChI=1S/C17H21NO5S2/c1-13-12-24-15(17(19)23-3)16(13)25(20,21)18(9-10-22-2)11-14-7-5-4-6-8-14/h4-8,12H,9-11H2,1-3H3. The van der Waals surface area contributed by atoms with E-state index in [1.165, 1.54) is 18.5 Å². The van der Waals surface area contributed by atoms with Crippen molar-refractivity contribution in [3.05, 3.63) is 51.7 Å². The minimum Gasteiger partial charge on any atom is -0.465 e. The summed E-state index contributed by atoms with van der Waals surface area (Å²) >= 11 is 1.07. The van der Waals surface area contributed by atoms with Crippen LogP contribution in [0.25, 0.3) is 0 Å². The molecule has 0 aliphatic rings. The van der Waals surface area contributed by atoms with Crippen molar-refractivity contribution in [1.82, 2.24) is 4.31 Å². The molecule has 1 heterocycles. The third-order valence-electron chi connectivity index (χ3n) is 3.63. The van der Waals surface area contributed by atoms with Crippen LogP contribution in [0, 0.1) is 6.92 Å². The average molecular weight is 383 g/mol. The molecule has 2 aromatic rings. The van der Waals surface area contributed by atoms with Gasteiger partial charge in [0, 0.05) is 20.2 Å². The Labute approximate surface area is 152 Å². The molecule has 136 valence electrons. The van der Waals surface area contributed by atoms with Gasteiger partial charge < -0.3 is 9.47 Å². The first-order valence-electron chi connectivity index (χ1n) is 7.61. The number of hydrogen-bond acceptors (Lipinski definition) is 6. The number of carbonyl (C=O) groups is 1. The molecule has 0 N–H and O–H groups in total. The Kier molecular flexibility index (Phi) is 6.71. The number of rotatable bonds is 8. The van der Waals surface area contributed by atoms with Gasteiger partial charge in [-0.2, -0.15) is 4.31 Å². The van der Waals surface area contributed by atoms with Crippen LogP contribution >= 0.6 is 11.3 Å². The van der Waals surface area contributed by atoms with Crippen molar-refractivity contribution >= 4 is 27.3 Å². The van der Waals surface area contributed by atoms with Crippen LogP contribution in [0.4, 0.5) is 0 Å². The third kappa shape index (κ3) is 4.46. The molecular formula is C17H21NO5S2. The van der Waals surface area contributed by atoms with Crippen molar-refractivity contribution < 1.29 is 22.7 Å². The first-order chi connectivity index (χ1) is 11.9. The van der Waals surface area contributed by atoms with E-state index in [1.807, 2.05) is 30.3 Å². The van der Waals surface area contributed by atoms with E-state index in [0.717, 1.165) is 16.9 Å². The number of aryl methyl sites for hydroxylation is 1. The van der Waals surface area contributed by atoms with E-state index < -0.39 is 16.0 Å². The SMILES string of the molecule is COCCN(Cc1ccccc1)S(=O)(=O)c1c(C)csc1C(=O)OC.